The number of hydrogen-bond donors (Lipinski definition) is 3. The van der Waals surface area contributed by atoms with Crippen molar-refractivity contribution < 1.29 is 4.79 Å². The molecule has 1 unspecified atom stereocenters. The first kappa shape index (κ1) is 15.5. The quantitative estimate of drug-likeness (QED) is 0.492. The molecule has 0 bridgehead atoms. The van der Waals surface area contributed by atoms with E-state index in [0.29, 0.717) is 10.3 Å². The molecule has 2 aromatic heterocycles. The molecule has 0 spiro atoms. The van der Waals surface area contributed by atoms with Gasteiger partial charge in [-0.3, -0.25) is 9.59 Å². The Hall–Kier alpha value is -2.39. The van der Waals surface area contributed by atoms with Crippen LogP contribution in [-0.4, -0.2) is 26.1 Å². The van der Waals surface area contributed by atoms with Crippen molar-refractivity contribution in [2.24, 2.45) is 0 Å². The second-order valence-electron chi connectivity index (χ2n) is 4.71. The topological polar surface area (TPSA) is 114 Å². The number of anilines is 2. The molecule has 0 aliphatic carbocycles. The Bertz CT molecular complexity index is 888. The third-order valence-corrected chi connectivity index (χ3v) is 4.86. The molecule has 23 heavy (non-hydrogen) atoms. The van der Waals surface area contributed by atoms with Crippen molar-refractivity contribution in [2.45, 2.75) is 17.3 Å². The molecule has 0 saturated carbocycles. The highest BCUT2D eigenvalue weighted by Gasteiger charge is 2.17. The van der Waals surface area contributed by atoms with E-state index in [1.807, 2.05) is 24.3 Å². The van der Waals surface area contributed by atoms with Gasteiger partial charge in [-0.1, -0.05) is 35.2 Å². The standard InChI is InChI=1S/C14H13N5O2S2/c1-7(22-14-17-10(15)6-11(20)18-14)12(21)19-13-16-8-4-2-3-5-9(8)23-13/h2-7H,1H3,(H,16,19,21)(H3,15,17,18,20). The molecule has 3 aromatic rings. The van der Waals surface area contributed by atoms with Gasteiger partial charge in [-0.15, -0.1) is 0 Å². The van der Waals surface area contributed by atoms with Gasteiger partial charge in [-0.05, 0) is 19.1 Å². The van der Waals surface area contributed by atoms with E-state index < -0.39 is 5.25 Å². The number of nitrogens with one attached hydrogen (secondary N) is 2. The Morgan fingerprint density at radius 1 is 1.39 bits per heavy atom. The molecule has 1 aromatic carbocycles. The number of nitrogens with two attached hydrogens (primary N) is 1. The number of benzene rings is 1. The molecule has 1 amide bonds. The zero-order valence-electron chi connectivity index (χ0n) is 12.1. The Morgan fingerprint density at radius 3 is 2.91 bits per heavy atom. The fourth-order valence-electron chi connectivity index (χ4n) is 1.86. The summed E-state index contributed by atoms with van der Waals surface area (Å²) < 4.78 is 1.00. The fourth-order valence-corrected chi connectivity index (χ4v) is 3.55. The molecular weight excluding hydrogens is 334 g/mol. The number of nitrogen functional groups attached to an aromatic ring is 1. The van der Waals surface area contributed by atoms with Crippen LogP contribution in [0.5, 0.6) is 0 Å². The lowest BCUT2D eigenvalue weighted by molar-refractivity contribution is -0.115. The Morgan fingerprint density at radius 2 is 2.17 bits per heavy atom. The first-order chi connectivity index (χ1) is 11.0. The molecule has 0 fully saturated rings. The number of thiazole rings is 1. The van der Waals surface area contributed by atoms with Gasteiger partial charge in [0.1, 0.15) is 5.82 Å². The molecule has 7 nitrogen and oxygen atoms in total. The maximum absolute atomic E-state index is 12.2. The lowest BCUT2D eigenvalue weighted by atomic mass is 10.3. The SMILES string of the molecule is CC(Sc1nc(N)cc(=O)[nH]1)C(=O)Nc1nc2ccccc2s1. The summed E-state index contributed by atoms with van der Waals surface area (Å²) in [6.45, 7) is 1.72. The highest BCUT2D eigenvalue weighted by atomic mass is 32.2. The van der Waals surface area contributed by atoms with Crippen LogP contribution < -0.4 is 16.6 Å². The van der Waals surface area contributed by atoms with Crippen LogP contribution >= 0.6 is 23.1 Å². The van der Waals surface area contributed by atoms with E-state index in [1.54, 1.807) is 6.92 Å². The van der Waals surface area contributed by atoms with Crippen molar-refractivity contribution in [1.29, 1.82) is 0 Å². The van der Waals surface area contributed by atoms with Gasteiger partial charge in [0, 0.05) is 6.07 Å². The summed E-state index contributed by atoms with van der Waals surface area (Å²) in [6.07, 6.45) is 0. The fraction of sp³-hybridized carbons (Fsp3) is 0.143. The number of H-pyrrole nitrogens is 1. The van der Waals surface area contributed by atoms with Gasteiger partial charge < -0.3 is 16.0 Å². The largest absolute Gasteiger partial charge is 0.383 e. The number of fused-ring (bicyclic) bond motifs is 1. The zero-order chi connectivity index (χ0) is 16.4. The number of aromatic amines is 1. The van der Waals surface area contributed by atoms with Crippen molar-refractivity contribution in [2.75, 3.05) is 11.1 Å². The Labute approximate surface area is 139 Å². The Kier molecular flexibility index (Phi) is 4.30. The lowest BCUT2D eigenvalue weighted by Gasteiger charge is -2.09. The van der Waals surface area contributed by atoms with E-state index in [-0.39, 0.29) is 17.3 Å². The van der Waals surface area contributed by atoms with Crippen LogP contribution in [0.25, 0.3) is 10.2 Å². The van der Waals surface area contributed by atoms with Crippen LogP contribution in [0.3, 0.4) is 0 Å². The molecule has 9 heteroatoms. The van der Waals surface area contributed by atoms with Gasteiger partial charge >= 0.3 is 0 Å². The number of thioether (sulfide) groups is 1. The highest BCUT2D eigenvalue weighted by molar-refractivity contribution is 8.00. The van der Waals surface area contributed by atoms with E-state index in [4.69, 9.17) is 5.73 Å². The minimum absolute atomic E-state index is 0.120. The van der Waals surface area contributed by atoms with Crippen molar-refractivity contribution in [3.8, 4) is 0 Å². The number of hydrogen-bond acceptors (Lipinski definition) is 7. The van der Waals surface area contributed by atoms with Crippen LogP contribution in [-0.2, 0) is 4.79 Å². The van der Waals surface area contributed by atoms with Gasteiger partial charge in [-0.2, -0.15) is 0 Å². The number of rotatable bonds is 4. The van der Waals surface area contributed by atoms with E-state index >= 15 is 0 Å². The molecule has 0 aliphatic rings. The van der Waals surface area contributed by atoms with Crippen LogP contribution in [0.2, 0.25) is 0 Å². The van der Waals surface area contributed by atoms with Crippen molar-refractivity contribution >= 4 is 50.2 Å². The Balaban J connectivity index is 1.70. The molecule has 118 valence electrons. The summed E-state index contributed by atoms with van der Waals surface area (Å²) in [5.74, 6) is -0.103. The molecule has 0 aliphatic heterocycles. The maximum Gasteiger partial charge on any atom is 0.253 e. The summed E-state index contributed by atoms with van der Waals surface area (Å²) in [7, 11) is 0. The predicted octanol–water partition coefficient (Wildman–Crippen LogP) is 2.08. The molecule has 3 rings (SSSR count). The summed E-state index contributed by atoms with van der Waals surface area (Å²) in [4.78, 5) is 34.5. The van der Waals surface area contributed by atoms with Crippen LogP contribution in [0, 0.1) is 0 Å². The first-order valence-electron chi connectivity index (χ1n) is 6.71. The number of aromatic nitrogens is 3. The number of carbonyl (C=O) groups excluding carboxylic acids is 1. The lowest BCUT2D eigenvalue weighted by Crippen LogP contribution is -2.23. The minimum Gasteiger partial charge on any atom is -0.383 e. The normalized spacial score (nSPS) is 12.2. The number of nitrogens with zero attached hydrogens (tertiary/aromatic N) is 2. The van der Waals surface area contributed by atoms with E-state index in [1.165, 1.54) is 17.4 Å². The molecule has 1 atom stereocenters. The second kappa shape index (κ2) is 6.39. The monoisotopic (exact) mass is 347 g/mol. The summed E-state index contributed by atoms with van der Waals surface area (Å²) >= 11 is 2.53. The second-order valence-corrected chi connectivity index (χ2v) is 7.07. The predicted molar refractivity (Wildman–Crippen MR) is 92.8 cm³/mol. The molecule has 4 N–H and O–H groups in total. The van der Waals surface area contributed by atoms with Crippen molar-refractivity contribution in [3.63, 3.8) is 0 Å². The summed E-state index contributed by atoms with van der Waals surface area (Å²) in [5, 5.41) is 3.16. The van der Waals surface area contributed by atoms with Crippen LogP contribution in [0.4, 0.5) is 10.9 Å². The molecule has 0 radical (unpaired) electrons. The van der Waals surface area contributed by atoms with E-state index in [9.17, 15) is 9.59 Å². The highest BCUT2D eigenvalue weighted by Crippen LogP contribution is 2.26. The molecular formula is C14H13N5O2S2. The minimum atomic E-state index is -0.466. The van der Waals surface area contributed by atoms with E-state index in [2.05, 4.69) is 20.3 Å². The molecule has 2 heterocycles. The van der Waals surface area contributed by atoms with Gasteiger partial charge in [-0.25, -0.2) is 9.97 Å². The third kappa shape index (κ3) is 3.69. The van der Waals surface area contributed by atoms with Crippen molar-refractivity contribution in [3.05, 3.63) is 40.7 Å². The van der Waals surface area contributed by atoms with Crippen LogP contribution in [0.15, 0.2) is 40.3 Å². The smallest absolute Gasteiger partial charge is 0.253 e. The van der Waals surface area contributed by atoms with Crippen molar-refractivity contribution in [1.82, 2.24) is 15.0 Å². The maximum atomic E-state index is 12.2. The van der Waals surface area contributed by atoms with Gasteiger partial charge in [0.05, 0.1) is 15.5 Å². The van der Waals surface area contributed by atoms with Gasteiger partial charge in [0.2, 0.25) is 5.91 Å². The zero-order valence-corrected chi connectivity index (χ0v) is 13.7. The van der Waals surface area contributed by atoms with Gasteiger partial charge in [0.15, 0.2) is 10.3 Å². The molecule has 0 saturated heterocycles. The average Bonchev–Trinajstić information content (AvgIpc) is 2.88. The summed E-state index contributed by atoms with van der Waals surface area (Å²) in [6, 6.07) is 8.85. The van der Waals surface area contributed by atoms with Gasteiger partial charge in [0.25, 0.3) is 5.56 Å². The number of para-hydroxylation sites is 1. The average molecular weight is 347 g/mol. The van der Waals surface area contributed by atoms with Crippen LogP contribution in [0.1, 0.15) is 6.92 Å². The third-order valence-electron chi connectivity index (χ3n) is 2.92. The number of amides is 1. The first-order valence-corrected chi connectivity index (χ1v) is 8.41. The van der Waals surface area contributed by atoms with E-state index in [0.717, 1.165) is 22.0 Å². The number of carbonyl (C=O) groups is 1. The summed E-state index contributed by atoms with van der Waals surface area (Å²) in [5.41, 5.74) is 6.02.